The zero-order valence-corrected chi connectivity index (χ0v) is 25.2. The standard InChI is InChI=1S/C34H51N3O4/c1-2-3-4-5-6-7-8-9-10-11-12-13-14-15-16-17-18-19-28-35-32-25-22-30(23-26-32)20-21-31-24-27-33(36(38)39)34(29-31)37(40)41/h20-27,29,35H,2-19,28H2,1H3. The Kier molecular flexibility index (Phi) is 17.8. The average molecular weight is 566 g/mol. The first-order valence-corrected chi connectivity index (χ1v) is 16.0. The van der Waals surface area contributed by atoms with Crippen molar-refractivity contribution in [3.05, 3.63) is 73.8 Å². The van der Waals surface area contributed by atoms with Crippen LogP contribution < -0.4 is 5.32 Å². The number of benzene rings is 2. The summed E-state index contributed by atoms with van der Waals surface area (Å²) in [5.74, 6) is 0. The van der Waals surface area contributed by atoms with Crippen LogP contribution in [0.15, 0.2) is 42.5 Å². The van der Waals surface area contributed by atoms with Crippen LogP contribution in [0.4, 0.5) is 17.1 Å². The maximum absolute atomic E-state index is 11.1. The third-order valence-electron chi connectivity index (χ3n) is 7.63. The predicted octanol–water partition coefficient (Wildman–Crippen LogP) is 11.1. The second kappa shape index (κ2) is 21.5. The predicted molar refractivity (Wildman–Crippen MR) is 172 cm³/mol. The first-order chi connectivity index (χ1) is 20.0. The number of hydrogen-bond donors (Lipinski definition) is 1. The second-order valence-electron chi connectivity index (χ2n) is 11.2. The van der Waals surface area contributed by atoms with E-state index in [-0.39, 0.29) is 0 Å². The average Bonchev–Trinajstić information content (AvgIpc) is 2.97. The van der Waals surface area contributed by atoms with Gasteiger partial charge in [0, 0.05) is 24.4 Å². The van der Waals surface area contributed by atoms with E-state index in [4.69, 9.17) is 0 Å². The molecule has 2 aromatic rings. The van der Waals surface area contributed by atoms with Crippen molar-refractivity contribution >= 4 is 29.2 Å². The lowest BCUT2D eigenvalue weighted by Gasteiger charge is -2.07. The maximum atomic E-state index is 11.1. The van der Waals surface area contributed by atoms with E-state index in [2.05, 4.69) is 12.2 Å². The van der Waals surface area contributed by atoms with Gasteiger partial charge in [-0.1, -0.05) is 140 Å². The summed E-state index contributed by atoms with van der Waals surface area (Å²) in [6.07, 6.45) is 28.4. The summed E-state index contributed by atoms with van der Waals surface area (Å²) in [7, 11) is 0. The fourth-order valence-corrected chi connectivity index (χ4v) is 5.11. The van der Waals surface area contributed by atoms with Crippen molar-refractivity contribution in [2.24, 2.45) is 0 Å². The van der Waals surface area contributed by atoms with E-state index in [1.807, 2.05) is 30.3 Å². The van der Waals surface area contributed by atoms with Gasteiger partial charge in [-0.05, 0) is 35.7 Å². The molecule has 0 saturated carbocycles. The van der Waals surface area contributed by atoms with Crippen molar-refractivity contribution in [1.82, 2.24) is 0 Å². The van der Waals surface area contributed by atoms with Crippen molar-refractivity contribution in [1.29, 1.82) is 0 Å². The minimum Gasteiger partial charge on any atom is -0.385 e. The van der Waals surface area contributed by atoms with Crippen LogP contribution in [0, 0.1) is 20.2 Å². The molecule has 7 nitrogen and oxygen atoms in total. The van der Waals surface area contributed by atoms with Gasteiger partial charge >= 0.3 is 11.4 Å². The molecule has 2 rings (SSSR count). The summed E-state index contributed by atoms with van der Waals surface area (Å²) >= 11 is 0. The van der Waals surface area contributed by atoms with Crippen LogP contribution in [-0.4, -0.2) is 16.4 Å². The van der Waals surface area contributed by atoms with Gasteiger partial charge in [-0.25, -0.2) is 0 Å². The highest BCUT2D eigenvalue weighted by molar-refractivity contribution is 5.73. The molecule has 226 valence electrons. The number of nitrogens with zero attached hydrogens (tertiary/aromatic N) is 2. The molecular formula is C34H51N3O4. The lowest BCUT2D eigenvalue weighted by Crippen LogP contribution is -2.01. The Balaban J connectivity index is 1.47. The highest BCUT2D eigenvalue weighted by Gasteiger charge is 2.23. The molecule has 0 aliphatic carbocycles. The number of nitrogens with one attached hydrogen (secondary N) is 1. The van der Waals surface area contributed by atoms with Crippen molar-refractivity contribution in [2.75, 3.05) is 11.9 Å². The Bertz CT molecular complexity index is 1040. The van der Waals surface area contributed by atoms with Gasteiger partial charge < -0.3 is 5.32 Å². The SMILES string of the molecule is CCCCCCCCCCCCCCCCCCCCNc1ccc(C=Cc2ccc([N+](=O)[O-])c([N+](=O)[O-])c2)cc1. The van der Waals surface area contributed by atoms with E-state index in [0.29, 0.717) is 5.56 Å². The second-order valence-corrected chi connectivity index (χ2v) is 11.2. The van der Waals surface area contributed by atoms with Gasteiger partial charge in [-0.3, -0.25) is 20.2 Å². The monoisotopic (exact) mass is 565 g/mol. The van der Waals surface area contributed by atoms with E-state index in [1.54, 1.807) is 6.08 Å². The van der Waals surface area contributed by atoms with Gasteiger partial charge in [-0.2, -0.15) is 0 Å². The van der Waals surface area contributed by atoms with E-state index in [1.165, 1.54) is 134 Å². The first kappa shape index (κ1) is 34.0. The number of rotatable bonds is 24. The Morgan fingerprint density at radius 3 is 1.44 bits per heavy atom. The summed E-state index contributed by atoms with van der Waals surface area (Å²) in [6.45, 7) is 3.24. The summed E-state index contributed by atoms with van der Waals surface area (Å²) < 4.78 is 0. The molecule has 0 amide bonds. The normalized spacial score (nSPS) is 11.2. The van der Waals surface area contributed by atoms with Gasteiger partial charge in [0.2, 0.25) is 0 Å². The number of unbranched alkanes of at least 4 members (excludes halogenated alkanes) is 17. The van der Waals surface area contributed by atoms with Gasteiger partial charge in [0.25, 0.3) is 0 Å². The Morgan fingerprint density at radius 2 is 0.976 bits per heavy atom. The molecule has 41 heavy (non-hydrogen) atoms. The molecule has 0 atom stereocenters. The molecule has 7 heteroatoms. The fraction of sp³-hybridized carbons (Fsp3) is 0.588. The molecule has 1 N–H and O–H groups in total. The largest absolute Gasteiger partial charge is 0.385 e. The van der Waals surface area contributed by atoms with Crippen molar-refractivity contribution in [3.8, 4) is 0 Å². The van der Waals surface area contributed by atoms with E-state index in [9.17, 15) is 20.2 Å². The van der Waals surface area contributed by atoms with Gasteiger partial charge in [0.05, 0.1) is 9.85 Å². The summed E-state index contributed by atoms with van der Waals surface area (Å²) in [5, 5.41) is 25.6. The zero-order valence-electron chi connectivity index (χ0n) is 25.2. The van der Waals surface area contributed by atoms with E-state index >= 15 is 0 Å². The third-order valence-corrected chi connectivity index (χ3v) is 7.63. The topological polar surface area (TPSA) is 98.3 Å². The van der Waals surface area contributed by atoms with Gasteiger partial charge in [0.1, 0.15) is 0 Å². The number of nitro benzene ring substituents is 2. The van der Waals surface area contributed by atoms with Crippen LogP contribution in [-0.2, 0) is 0 Å². The molecule has 0 unspecified atom stereocenters. The Morgan fingerprint density at radius 1 is 0.561 bits per heavy atom. The summed E-state index contributed by atoms with van der Waals surface area (Å²) in [5.41, 5.74) is 1.55. The summed E-state index contributed by atoms with van der Waals surface area (Å²) in [4.78, 5) is 20.6. The lowest BCUT2D eigenvalue weighted by molar-refractivity contribution is -0.422. The molecule has 0 heterocycles. The lowest BCUT2D eigenvalue weighted by atomic mass is 10.0. The van der Waals surface area contributed by atoms with Crippen LogP contribution in [0.2, 0.25) is 0 Å². The Labute approximate surface area is 247 Å². The molecular weight excluding hydrogens is 514 g/mol. The summed E-state index contributed by atoms with van der Waals surface area (Å²) in [6, 6.07) is 11.9. The maximum Gasteiger partial charge on any atom is 0.346 e. The highest BCUT2D eigenvalue weighted by Crippen LogP contribution is 2.28. The van der Waals surface area contributed by atoms with Crippen molar-refractivity contribution < 1.29 is 9.85 Å². The smallest absolute Gasteiger partial charge is 0.346 e. The molecule has 0 aliphatic heterocycles. The molecule has 0 saturated heterocycles. The van der Waals surface area contributed by atoms with Crippen molar-refractivity contribution in [2.45, 2.75) is 122 Å². The molecule has 0 fully saturated rings. The molecule has 0 bridgehead atoms. The van der Waals surface area contributed by atoms with Crippen LogP contribution in [0.5, 0.6) is 0 Å². The third kappa shape index (κ3) is 15.4. The van der Waals surface area contributed by atoms with Crippen LogP contribution in [0.1, 0.15) is 134 Å². The van der Waals surface area contributed by atoms with E-state index in [0.717, 1.165) is 17.8 Å². The molecule has 2 aromatic carbocycles. The van der Waals surface area contributed by atoms with Gasteiger partial charge in [-0.15, -0.1) is 0 Å². The quantitative estimate of drug-likeness (QED) is 0.0590. The first-order valence-electron chi connectivity index (χ1n) is 16.0. The molecule has 0 aliphatic rings. The highest BCUT2D eigenvalue weighted by atomic mass is 16.6. The minimum absolute atomic E-state index is 0.502. The number of anilines is 1. The number of nitro groups is 2. The van der Waals surface area contributed by atoms with Crippen LogP contribution >= 0.6 is 0 Å². The minimum atomic E-state index is -0.738. The van der Waals surface area contributed by atoms with Crippen LogP contribution in [0.3, 0.4) is 0 Å². The van der Waals surface area contributed by atoms with Gasteiger partial charge in [0.15, 0.2) is 0 Å². The van der Waals surface area contributed by atoms with Crippen LogP contribution in [0.25, 0.3) is 12.2 Å². The molecule has 0 radical (unpaired) electrons. The fourth-order valence-electron chi connectivity index (χ4n) is 5.11. The Hall–Kier alpha value is -3.22. The molecule has 0 aromatic heterocycles. The van der Waals surface area contributed by atoms with E-state index < -0.39 is 21.2 Å². The zero-order chi connectivity index (χ0) is 29.5. The number of hydrogen-bond acceptors (Lipinski definition) is 5. The molecule has 0 spiro atoms. The van der Waals surface area contributed by atoms with Crippen molar-refractivity contribution in [3.63, 3.8) is 0 Å².